The number of sulfone groups is 1. The van der Waals surface area contributed by atoms with Crippen LogP contribution in [0.1, 0.15) is 27.0 Å². The van der Waals surface area contributed by atoms with Crippen molar-refractivity contribution in [2.45, 2.75) is 23.1 Å². The smallest absolute Gasteiger partial charge is 0.337 e. The van der Waals surface area contributed by atoms with Crippen LogP contribution in [0, 0.1) is 6.92 Å². The number of benzene rings is 2. The second-order valence-corrected chi connectivity index (χ2v) is 10.4. The molecule has 9 heteroatoms. The number of carbonyl (C=O) groups is 1. The van der Waals surface area contributed by atoms with E-state index in [0.717, 1.165) is 5.56 Å². The van der Waals surface area contributed by atoms with E-state index in [4.69, 9.17) is 10.5 Å². The van der Waals surface area contributed by atoms with Crippen LogP contribution in [0.15, 0.2) is 76.1 Å². The Labute approximate surface area is 201 Å². The number of rotatable bonds is 7. The summed E-state index contributed by atoms with van der Waals surface area (Å²) < 4.78 is 33.1. The van der Waals surface area contributed by atoms with Crippen molar-refractivity contribution < 1.29 is 23.1 Å². The molecule has 174 valence electrons. The van der Waals surface area contributed by atoms with Gasteiger partial charge in [0.05, 0.1) is 22.5 Å². The van der Waals surface area contributed by atoms with Gasteiger partial charge in [0, 0.05) is 34.9 Å². The molecule has 0 unspecified atom stereocenters. The minimum atomic E-state index is -4.28. The molecule has 2 aromatic carbocycles. The summed E-state index contributed by atoms with van der Waals surface area (Å²) in [6.07, 6.45) is 3.40. The summed E-state index contributed by atoms with van der Waals surface area (Å²) >= 11 is 1.29. The van der Waals surface area contributed by atoms with Crippen molar-refractivity contribution in [3.8, 4) is 16.2 Å². The molecule has 0 bridgehead atoms. The first-order valence-corrected chi connectivity index (χ1v) is 12.6. The first-order valence-electron chi connectivity index (χ1n) is 10.3. The Morgan fingerprint density at radius 1 is 1.15 bits per heavy atom. The highest BCUT2D eigenvalue weighted by atomic mass is 32.2. The standard InChI is InChI=1S/C25H22N2O5S2/c1-15-19(13-16-5-3-11-27-14-16)21(25(28)29)24(22(23(15)26)20-6-4-12-33-20)34(30,31)18-9-7-17(32-2)8-10-18/h3-12,14H,13,26H2,1-2H3,(H,28,29). The van der Waals surface area contributed by atoms with Gasteiger partial charge in [0.15, 0.2) is 0 Å². The molecule has 0 aliphatic heterocycles. The number of carboxylic acids is 1. The molecule has 34 heavy (non-hydrogen) atoms. The Bertz CT molecular complexity index is 1450. The van der Waals surface area contributed by atoms with Gasteiger partial charge in [-0.25, -0.2) is 13.2 Å². The molecule has 0 saturated carbocycles. The molecule has 0 saturated heterocycles. The molecule has 4 rings (SSSR count). The lowest BCUT2D eigenvalue weighted by atomic mass is 9.91. The fraction of sp³-hybridized carbons (Fsp3) is 0.120. The SMILES string of the molecule is COc1ccc(S(=O)(=O)c2c(C(=O)O)c(Cc3cccnc3)c(C)c(N)c2-c2cccs2)cc1. The highest BCUT2D eigenvalue weighted by Gasteiger charge is 2.34. The monoisotopic (exact) mass is 494 g/mol. The van der Waals surface area contributed by atoms with E-state index in [0.29, 0.717) is 21.8 Å². The van der Waals surface area contributed by atoms with E-state index in [2.05, 4.69) is 4.98 Å². The van der Waals surface area contributed by atoms with Gasteiger partial charge in [-0.3, -0.25) is 4.98 Å². The average Bonchev–Trinajstić information content (AvgIpc) is 3.36. The third kappa shape index (κ3) is 4.15. The number of nitrogens with two attached hydrogens (primary N) is 1. The molecular weight excluding hydrogens is 472 g/mol. The predicted molar refractivity (Wildman–Crippen MR) is 131 cm³/mol. The van der Waals surface area contributed by atoms with Gasteiger partial charge < -0.3 is 15.6 Å². The van der Waals surface area contributed by atoms with Crippen LogP contribution in [0.4, 0.5) is 5.69 Å². The van der Waals surface area contributed by atoms with Crippen molar-refractivity contribution >= 4 is 32.8 Å². The van der Waals surface area contributed by atoms with Gasteiger partial charge in [-0.05, 0) is 65.4 Å². The van der Waals surface area contributed by atoms with Gasteiger partial charge in [0.25, 0.3) is 0 Å². The van der Waals surface area contributed by atoms with Crippen molar-refractivity contribution in [1.29, 1.82) is 0 Å². The van der Waals surface area contributed by atoms with E-state index >= 15 is 0 Å². The van der Waals surface area contributed by atoms with Crippen LogP contribution in [-0.2, 0) is 16.3 Å². The van der Waals surface area contributed by atoms with Crippen molar-refractivity contribution in [2.75, 3.05) is 12.8 Å². The van der Waals surface area contributed by atoms with Gasteiger partial charge in [-0.15, -0.1) is 11.3 Å². The van der Waals surface area contributed by atoms with E-state index in [1.165, 1.54) is 42.7 Å². The molecule has 0 aliphatic carbocycles. The number of nitrogens with zero attached hydrogens (tertiary/aromatic N) is 1. The molecule has 2 aromatic heterocycles. The number of ether oxygens (including phenoxy) is 1. The minimum Gasteiger partial charge on any atom is -0.497 e. The fourth-order valence-electron chi connectivity index (χ4n) is 3.88. The van der Waals surface area contributed by atoms with Crippen LogP contribution in [0.25, 0.3) is 10.4 Å². The number of anilines is 1. The summed E-state index contributed by atoms with van der Waals surface area (Å²) in [6.45, 7) is 1.72. The number of aromatic nitrogens is 1. The minimum absolute atomic E-state index is 0.0517. The molecule has 3 N–H and O–H groups in total. The third-order valence-electron chi connectivity index (χ3n) is 5.61. The Hall–Kier alpha value is -3.69. The molecule has 2 heterocycles. The van der Waals surface area contributed by atoms with Gasteiger partial charge in [-0.1, -0.05) is 12.1 Å². The molecule has 7 nitrogen and oxygen atoms in total. The third-order valence-corrected chi connectivity index (χ3v) is 8.33. The molecule has 0 radical (unpaired) electrons. The van der Waals surface area contributed by atoms with Crippen molar-refractivity contribution in [3.05, 3.63) is 88.6 Å². The highest BCUT2D eigenvalue weighted by Crippen LogP contribution is 2.44. The molecule has 0 amide bonds. The predicted octanol–water partition coefficient (Wildman–Crippen LogP) is 4.83. The van der Waals surface area contributed by atoms with Gasteiger partial charge in [0.1, 0.15) is 5.75 Å². The van der Waals surface area contributed by atoms with Crippen molar-refractivity contribution in [2.24, 2.45) is 0 Å². The topological polar surface area (TPSA) is 120 Å². The first kappa shape index (κ1) is 23.5. The van der Waals surface area contributed by atoms with E-state index in [-0.39, 0.29) is 33.0 Å². The van der Waals surface area contributed by atoms with Crippen LogP contribution in [0.3, 0.4) is 0 Å². The van der Waals surface area contributed by atoms with E-state index in [9.17, 15) is 18.3 Å². The zero-order chi connectivity index (χ0) is 24.5. The average molecular weight is 495 g/mol. The largest absolute Gasteiger partial charge is 0.497 e. The van der Waals surface area contributed by atoms with Crippen LogP contribution < -0.4 is 10.5 Å². The Kier molecular flexibility index (Phi) is 6.41. The second-order valence-electron chi connectivity index (χ2n) is 7.60. The maximum Gasteiger partial charge on any atom is 0.337 e. The summed E-state index contributed by atoms with van der Waals surface area (Å²) in [4.78, 5) is 17.0. The van der Waals surface area contributed by atoms with Gasteiger partial charge in [0.2, 0.25) is 9.84 Å². The zero-order valence-electron chi connectivity index (χ0n) is 18.5. The quantitative estimate of drug-likeness (QED) is 0.353. The number of aromatic carboxylic acids is 1. The lowest BCUT2D eigenvalue weighted by Crippen LogP contribution is -2.17. The summed E-state index contributed by atoms with van der Waals surface area (Å²) in [5.74, 6) is -0.858. The molecule has 4 aromatic rings. The molecule has 0 fully saturated rings. The lowest BCUT2D eigenvalue weighted by Gasteiger charge is -2.22. The van der Waals surface area contributed by atoms with E-state index in [1.807, 2.05) is 0 Å². The number of hydrogen-bond acceptors (Lipinski definition) is 7. The number of hydrogen-bond donors (Lipinski definition) is 2. The van der Waals surface area contributed by atoms with Crippen LogP contribution in [0.2, 0.25) is 0 Å². The maximum absolute atomic E-state index is 14.0. The molecular formula is C25H22N2O5S2. The highest BCUT2D eigenvalue weighted by molar-refractivity contribution is 7.91. The molecule has 0 spiro atoms. The number of methoxy groups -OCH3 is 1. The Morgan fingerprint density at radius 3 is 2.44 bits per heavy atom. The number of carboxylic acid groups (broad SMARTS) is 1. The van der Waals surface area contributed by atoms with Crippen molar-refractivity contribution in [1.82, 2.24) is 4.98 Å². The summed E-state index contributed by atoms with van der Waals surface area (Å²) in [7, 11) is -2.80. The Balaban J connectivity index is 2.09. The van der Waals surface area contributed by atoms with Crippen LogP contribution in [0.5, 0.6) is 5.75 Å². The van der Waals surface area contributed by atoms with Crippen LogP contribution in [-0.4, -0.2) is 31.6 Å². The van der Waals surface area contributed by atoms with E-state index in [1.54, 1.807) is 49.0 Å². The second kappa shape index (κ2) is 9.28. The normalized spacial score (nSPS) is 11.4. The van der Waals surface area contributed by atoms with Gasteiger partial charge >= 0.3 is 5.97 Å². The molecule has 0 aliphatic rings. The summed E-state index contributed by atoms with van der Waals surface area (Å²) in [5, 5.41) is 12.1. The number of nitrogen functional groups attached to an aromatic ring is 1. The summed E-state index contributed by atoms with van der Waals surface area (Å²) in [5.41, 5.74) is 8.29. The summed E-state index contributed by atoms with van der Waals surface area (Å²) in [6, 6.07) is 12.9. The number of pyridine rings is 1. The maximum atomic E-state index is 14.0. The fourth-order valence-corrected chi connectivity index (χ4v) is 6.44. The van der Waals surface area contributed by atoms with E-state index < -0.39 is 15.8 Å². The van der Waals surface area contributed by atoms with Crippen LogP contribution >= 0.6 is 11.3 Å². The molecule has 0 atom stereocenters. The van der Waals surface area contributed by atoms with Gasteiger partial charge in [-0.2, -0.15) is 0 Å². The van der Waals surface area contributed by atoms with Crippen molar-refractivity contribution in [3.63, 3.8) is 0 Å². The zero-order valence-corrected chi connectivity index (χ0v) is 20.1. The first-order chi connectivity index (χ1) is 16.3. The Morgan fingerprint density at radius 2 is 1.88 bits per heavy atom. The lowest BCUT2D eigenvalue weighted by molar-refractivity contribution is 0.0691. The number of thiophene rings is 1.